The maximum absolute atomic E-state index is 11.7. The first-order valence-corrected chi connectivity index (χ1v) is 5.85. The van der Waals surface area contributed by atoms with Crippen LogP contribution in [-0.2, 0) is 9.59 Å². The van der Waals surface area contributed by atoms with Crippen LogP contribution < -0.4 is 5.32 Å². The van der Waals surface area contributed by atoms with Crippen molar-refractivity contribution in [3.8, 4) is 0 Å². The van der Waals surface area contributed by atoms with Gasteiger partial charge in [0.1, 0.15) is 12.6 Å². The van der Waals surface area contributed by atoms with Crippen LogP contribution in [0.5, 0.6) is 0 Å². The Morgan fingerprint density at radius 1 is 1.22 bits per heavy atom. The van der Waals surface area contributed by atoms with Crippen LogP contribution in [0.2, 0.25) is 0 Å². The van der Waals surface area contributed by atoms with Crippen molar-refractivity contribution in [2.75, 3.05) is 26.7 Å². The van der Waals surface area contributed by atoms with Crippen LogP contribution in [0.3, 0.4) is 0 Å². The molecule has 0 aromatic carbocycles. The van der Waals surface area contributed by atoms with Gasteiger partial charge in [-0.2, -0.15) is 0 Å². The van der Waals surface area contributed by atoms with E-state index in [1.54, 1.807) is 4.90 Å². The lowest BCUT2D eigenvalue weighted by molar-refractivity contribution is -0.138. The van der Waals surface area contributed by atoms with Crippen LogP contribution in [0.15, 0.2) is 0 Å². The number of rotatable bonds is 6. The third-order valence-corrected chi connectivity index (χ3v) is 2.55. The van der Waals surface area contributed by atoms with Gasteiger partial charge in [-0.15, -0.1) is 0 Å². The average Bonchev–Trinajstić information content (AvgIpc) is 2.29. The van der Waals surface area contributed by atoms with Gasteiger partial charge in [0.2, 0.25) is 5.91 Å². The highest BCUT2D eigenvalue weighted by Crippen LogP contribution is 1.94. The number of urea groups is 1. The van der Waals surface area contributed by atoms with Gasteiger partial charge >= 0.3 is 12.0 Å². The molecule has 0 spiro atoms. The molecule has 1 atom stereocenters. The molecule has 3 amide bonds. The van der Waals surface area contributed by atoms with E-state index in [4.69, 9.17) is 5.11 Å². The third-order valence-electron chi connectivity index (χ3n) is 2.55. The standard InChI is InChI=1S/C11H21N3O4/c1-5-14(6-2)9(15)7-13(4)11(18)12-8(3)10(16)17/h8H,5-7H2,1-4H3,(H,12,18)(H,16,17)/t8-/m1/s1. The second kappa shape index (κ2) is 7.52. The summed E-state index contributed by atoms with van der Waals surface area (Å²) in [4.78, 5) is 36.6. The largest absolute Gasteiger partial charge is 0.480 e. The Bertz CT molecular complexity index is 315. The molecule has 0 rings (SSSR count). The number of hydrogen-bond donors (Lipinski definition) is 2. The van der Waals surface area contributed by atoms with Gasteiger partial charge in [0, 0.05) is 20.1 Å². The lowest BCUT2D eigenvalue weighted by Gasteiger charge is -2.24. The number of amides is 3. The number of aliphatic carboxylic acids is 1. The lowest BCUT2D eigenvalue weighted by Crippen LogP contribution is -2.48. The number of carbonyl (C=O) groups is 3. The summed E-state index contributed by atoms with van der Waals surface area (Å²) in [6.07, 6.45) is 0. The smallest absolute Gasteiger partial charge is 0.325 e. The number of nitrogens with zero attached hydrogens (tertiary/aromatic N) is 2. The molecule has 104 valence electrons. The normalized spacial score (nSPS) is 11.6. The summed E-state index contributed by atoms with van der Waals surface area (Å²) in [5, 5.41) is 10.9. The first kappa shape index (κ1) is 16.2. The fourth-order valence-electron chi connectivity index (χ4n) is 1.31. The third kappa shape index (κ3) is 5.03. The van der Waals surface area contributed by atoms with Crippen molar-refractivity contribution in [2.45, 2.75) is 26.8 Å². The second-order valence-electron chi connectivity index (χ2n) is 3.93. The molecule has 7 heteroatoms. The zero-order valence-electron chi connectivity index (χ0n) is 11.3. The predicted molar refractivity (Wildman–Crippen MR) is 66.2 cm³/mol. The summed E-state index contributed by atoms with van der Waals surface area (Å²) >= 11 is 0. The summed E-state index contributed by atoms with van der Waals surface area (Å²) in [5.74, 6) is -1.28. The van der Waals surface area contributed by atoms with Crippen molar-refractivity contribution in [1.29, 1.82) is 0 Å². The maximum atomic E-state index is 11.7. The Morgan fingerprint density at radius 2 is 1.72 bits per heavy atom. The summed E-state index contributed by atoms with van der Waals surface area (Å²) in [6, 6.07) is -1.56. The van der Waals surface area contributed by atoms with Gasteiger partial charge in [-0.1, -0.05) is 0 Å². The first-order valence-electron chi connectivity index (χ1n) is 5.85. The highest BCUT2D eigenvalue weighted by Gasteiger charge is 2.19. The van der Waals surface area contributed by atoms with Crippen LogP contribution in [0.25, 0.3) is 0 Å². The number of likely N-dealkylation sites (N-methyl/N-ethyl adjacent to an activating group) is 2. The van der Waals surface area contributed by atoms with E-state index >= 15 is 0 Å². The van der Waals surface area contributed by atoms with E-state index < -0.39 is 18.0 Å². The van der Waals surface area contributed by atoms with Crippen molar-refractivity contribution in [2.24, 2.45) is 0 Å². The molecule has 0 bridgehead atoms. The number of nitrogens with one attached hydrogen (secondary N) is 1. The van der Waals surface area contributed by atoms with Gasteiger partial charge in [-0.3, -0.25) is 9.59 Å². The fraction of sp³-hybridized carbons (Fsp3) is 0.727. The van der Waals surface area contributed by atoms with Gasteiger partial charge in [0.25, 0.3) is 0 Å². The molecule has 0 saturated carbocycles. The van der Waals surface area contributed by atoms with E-state index in [2.05, 4.69) is 5.32 Å². The van der Waals surface area contributed by atoms with Crippen molar-refractivity contribution < 1.29 is 19.5 Å². The number of carboxylic acid groups (broad SMARTS) is 1. The van der Waals surface area contributed by atoms with E-state index in [1.807, 2.05) is 13.8 Å². The number of carboxylic acids is 1. The minimum Gasteiger partial charge on any atom is -0.480 e. The predicted octanol–water partition coefficient (Wildman–Crippen LogP) is -0.0307. The summed E-state index contributed by atoms with van der Waals surface area (Å²) in [6.45, 7) is 6.16. The quantitative estimate of drug-likeness (QED) is 0.701. The summed E-state index contributed by atoms with van der Waals surface area (Å²) < 4.78 is 0. The SMILES string of the molecule is CCN(CC)C(=O)CN(C)C(=O)N[C@H](C)C(=O)O. The Kier molecular flexibility index (Phi) is 6.77. The van der Waals surface area contributed by atoms with E-state index in [9.17, 15) is 14.4 Å². The molecular weight excluding hydrogens is 238 g/mol. The van der Waals surface area contributed by atoms with Crippen LogP contribution in [0, 0.1) is 0 Å². The van der Waals surface area contributed by atoms with Gasteiger partial charge in [0.15, 0.2) is 0 Å². The molecule has 0 unspecified atom stereocenters. The van der Waals surface area contributed by atoms with Crippen molar-refractivity contribution >= 4 is 17.9 Å². The van der Waals surface area contributed by atoms with Crippen LogP contribution in [-0.4, -0.2) is 65.5 Å². The van der Waals surface area contributed by atoms with Crippen LogP contribution in [0.4, 0.5) is 4.79 Å². The van der Waals surface area contributed by atoms with Gasteiger partial charge in [0.05, 0.1) is 0 Å². The fourth-order valence-corrected chi connectivity index (χ4v) is 1.31. The Morgan fingerprint density at radius 3 is 2.11 bits per heavy atom. The molecular formula is C11H21N3O4. The average molecular weight is 259 g/mol. The first-order chi connectivity index (χ1) is 8.33. The molecule has 0 heterocycles. The van der Waals surface area contributed by atoms with Gasteiger partial charge in [-0.25, -0.2) is 4.79 Å². The summed E-state index contributed by atoms with van der Waals surface area (Å²) in [5.41, 5.74) is 0. The van der Waals surface area contributed by atoms with Crippen LogP contribution >= 0.6 is 0 Å². The van der Waals surface area contributed by atoms with Crippen molar-refractivity contribution in [1.82, 2.24) is 15.1 Å². The van der Waals surface area contributed by atoms with Gasteiger partial charge in [-0.05, 0) is 20.8 Å². The zero-order valence-corrected chi connectivity index (χ0v) is 11.3. The van der Waals surface area contributed by atoms with Gasteiger partial charge < -0.3 is 20.2 Å². The maximum Gasteiger partial charge on any atom is 0.325 e. The van der Waals surface area contributed by atoms with Crippen molar-refractivity contribution in [3.05, 3.63) is 0 Å². The molecule has 0 aromatic heterocycles. The minimum absolute atomic E-state index is 0.0696. The molecule has 18 heavy (non-hydrogen) atoms. The summed E-state index contributed by atoms with van der Waals surface area (Å²) in [7, 11) is 1.45. The second-order valence-corrected chi connectivity index (χ2v) is 3.93. The number of carbonyl (C=O) groups excluding carboxylic acids is 2. The van der Waals surface area contributed by atoms with Crippen LogP contribution in [0.1, 0.15) is 20.8 Å². The van der Waals surface area contributed by atoms with E-state index in [0.717, 1.165) is 0 Å². The van der Waals surface area contributed by atoms with E-state index in [1.165, 1.54) is 18.9 Å². The topological polar surface area (TPSA) is 90.0 Å². The molecule has 0 fully saturated rings. The zero-order chi connectivity index (χ0) is 14.3. The molecule has 7 nitrogen and oxygen atoms in total. The minimum atomic E-state index is -1.12. The highest BCUT2D eigenvalue weighted by molar-refractivity contribution is 5.86. The Labute approximate surface area is 107 Å². The Balaban J connectivity index is 4.31. The molecule has 0 saturated heterocycles. The molecule has 0 aliphatic heterocycles. The van der Waals surface area contributed by atoms with E-state index in [-0.39, 0.29) is 12.5 Å². The monoisotopic (exact) mass is 259 g/mol. The highest BCUT2D eigenvalue weighted by atomic mass is 16.4. The molecule has 0 aliphatic rings. The van der Waals surface area contributed by atoms with E-state index in [0.29, 0.717) is 13.1 Å². The lowest BCUT2D eigenvalue weighted by atomic mass is 10.3. The molecule has 0 radical (unpaired) electrons. The molecule has 2 N–H and O–H groups in total. The van der Waals surface area contributed by atoms with Crippen molar-refractivity contribution in [3.63, 3.8) is 0 Å². The Hall–Kier alpha value is -1.79. The molecule has 0 aromatic rings. The molecule has 0 aliphatic carbocycles. The number of hydrogen-bond acceptors (Lipinski definition) is 3.